The van der Waals surface area contributed by atoms with E-state index in [0.29, 0.717) is 0 Å². The van der Waals surface area contributed by atoms with Crippen molar-refractivity contribution >= 4 is 0 Å². The fourth-order valence-electron chi connectivity index (χ4n) is 0.589. The van der Waals surface area contributed by atoms with Gasteiger partial charge >= 0.3 is 0 Å². The van der Waals surface area contributed by atoms with Crippen molar-refractivity contribution in [1.82, 2.24) is 0 Å². The first-order valence-electron chi connectivity index (χ1n) is 2.84. The Morgan fingerprint density at radius 3 is 1.40 bits per heavy atom. The summed E-state index contributed by atoms with van der Waals surface area (Å²) in [5, 5.41) is 0. The molecule has 0 aromatic rings. The second-order valence-electron chi connectivity index (χ2n) is 1.39. The van der Waals surface area contributed by atoms with E-state index in [-0.39, 0.29) is 72.8 Å². The largest absolute Gasteiger partial charge is 0.360 e. The molecule has 0 aromatic heterocycles. The van der Waals surface area contributed by atoms with Crippen molar-refractivity contribution in [3.05, 3.63) is 27.2 Å². The van der Waals surface area contributed by atoms with Gasteiger partial charge in [0.2, 0.25) is 0 Å². The Hall–Kier alpha value is 2.21. The maximum Gasteiger partial charge on any atom is 0 e. The fourth-order valence-corrected chi connectivity index (χ4v) is 0.589. The Morgan fingerprint density at radius 1 is 1.00 bits per heavy atom. The molecule has 58 valence electrons. The zero-order valence-electron chi connectivity index (χ0n) is 7.14. The smallest absolute Gasteiger partial charge is 0 e. The van der Waals surface area contributed by atoms with Crippen LogP contribution in [0, 0.1) is 27.2 Å². The summed E-state index contributed by atoms with van der Waals surface area (Å²) in [6.45, 7) is 5.00. The Bertz CT molecular complexity index is 18.8. The Morgan fingerprint density at radius 2 is 1.30 bits per heavy atom. The molecule has 1 fully saturated rings. The zero-order valence-corrected chi connectivity index (χ0v) is 12.8. The summed E-state index contributed by atoms with van der Waals surface area (Å²) in [5.74, 6) is 0. The van der Waals surface area contributed by atoms with Gasteiger partial charge in [0.05, 0.1) is 0 Å². The Labute approximate surface area is 117 Å². The second kappa shape index (κ2) is 22.5. The van der Waals surface area contributed by atoms with Gasteiger partial charge < -0.3 is 33.6 Å². The van der Waals surface area contributed by atoms with E-state index in [9.17, 15) is 0 Å². The second-order valence-corrected chi connectivity index (χ2v) is 1.39. The third kappa shape index (κ3) is 16.7. The van der Waals surface area contributed by atoms with Crippen LogP contribution in [-0.2, 0) is 65.4 Å². The molecule has 2 radical (unpaired) electrons. The summed E-state index contributed by atoms with van der Waals surface area (Å²) in [4.78, 5) is 0. The van der Waals surface area contributed by atoms with Crippen LogP contribution in [0.15, 0.2) is 0 Å². The van der Waals surface area contributed by atoms with Crippen molar-refractivity contribution in [2.45, 2.75) is 26.2 Å². The maximum atomic E-state index is 3.25. The van der Waals surface area contributed by atoms with Crippen LogP contribution in [0.4, 0.5) is 0 Å². The van der Waals surface area contributed by atoms with Crippen molar-refractivity contribution in [1.29, 1.82) is 0 Å². The molecule has 2 heteroatoms. The maximum absolute atomic E-state index is 3.25. The van der Waals surface area contributed by atoms with Crippen LogP contribution in [0.1, 0.15) is 26.2 Å². The van der Waals surface area contributed by atoms with Crippen molar-refractivity contribution in [2.24, 2.45) is 0 Å². The number of rotatable bonds is 0. The molecule has 0 spiro atoms. The molecule has 0 saturated heterocycles. The predicted molar refractivity (Wildman–Crippen MR) is 39.9 cm³/mol. The summed E-state index contributed by atoms with van der Waals surface area (Å²) < 4.78 is 0. The molecule has 0 N–H and O–H groups in total. The zero-order chi connectivity index (χ0) is 5.54. The third-order valence-corrected chi connectivity index (χ3v) is 0.908. The van der Waals surface area contributed by atoms with E-state index in [1.54, 1.807) is 6.92 Å². The van der Waals surface area contributed by atoms with E-state index >= 15 is 0 Å². The van der Waals surface area contributed by atoms with Gasteiger partial charge in [-0.1, -0.05) is 0 Å². The fraction of sp³-hybridized carbons (Fsp3) is 0.500. The van der Waals surface area contributed by atoms with Gasteiger partial charge in [-0.05, 0) is 0 Å². The van der Waals surface area contributed by atoms with Gasteiger partial charge in [-0.15, -0.1) is 0 Å². The SMILES string of the molecule is [CH-]1C[CH-]CC1.[CH2-]C.[CH3-].[Y].[Y]. The monoisotopic (exact) mass is 290 g/mol. The Balaban J connectivity index is -0.0000000337. The van der Waals surface area contributed by atoms with Crippen molar-refractivity contribution in [3.63, 3.8) is 0 Å². The van der Waals surface area contributed by atoms with E-state index in [0.717, 1.165) is 0 Å². The third-order valence-electron chi connectivity index (χ3n) is 0.908. The molecule has 1 rings (SSSR count). The van der Waals surface area contributed by atoms with Gasteiger partial charge in [-0.2, -0.15) is 6.92 Å². The summed E-state index contributed by atoms with van der Waals surface area (Å²) in [6.07, 6.45) is 8.50. The summed E-state index contributed by atoms with van der Waals surface area (Å²) in [6, 6.07) is 0. The first-order chi connectivity index (χ1) is 3.50. The molecular weight excluding hydrogens is 274 g/mol. The minimum atomic E-state index is 0. The van der Waals surface area contributed by atoms with E-state index < -0.39 is 0 Å². The van der Waals surface area contributed by atoms with Crippen LogP contribution in [-0.4, -0.2) is 0 Å². The molecular formula is C8H16Y2-4. The Kier molecular flexibility index (Phi) is 51.2. The molecule has 0 unspecified atom stereocenters. The van der Waals surface area contributed by atoms with E-state index in [2.05, 4.69) is 19.8 Å². The molecule has 0 atom stereocenters. The first-order valence-corrected chi connectivity index (χ1v) is 2.84. The molecule has 0 aromatic carbocycles. The van der Waals surface area contributed by atoms with Gasteiger partial charge in [0.25, 0.3) is 0 Å². The molecule has 1 saturated carbocycles. The molecule has 0 heterocycles. The summed E-state index contributed by atoms with van der Waals surface area (Å²) >= 11 is 0. The van der Waals surface area contributed by atoms with Gasteiger partial charge in [-0.3, -0.25) is 0 Å². The summed E-state index contributed by atoms with van der Waals surface area (Å²) in [7, 11) is 0. The molecule has 1 aliphatic rings. The molecule has 10 heavy (non-hydrogen) atoms. The van der Waals surface area contributed by atoms with Crippen LogP contribution >= 0.6 is 0 Å². The van der Waals surface area contributed by atoms with Gasteiger partial charge in [-0.25, -0.2) is 12.8 Å². The van der Waals surface area contributed by atoms with Crippen LogP contribution < -0.4 is 0 Å². The van der Waals surface area contributed by atoms with Crippen molar-refractivity contribution < 1.29 is 65.4 Å². The minimum absolute atomic E-state index is 0. The number of hydrogen-bond donors (Lipinski definition) is 0. The van der Waals surface area contributed by atoms with Crippen LogP contribution in [0.25, 0.3) is 0 Å². The van der Waals surface area contributed by atoms with Crippen LogP contribution in [0.5, 0.6) is 0 Å². The van der Waals surface area contributed by atoms with Gasteiger partial charge in [0.15, 0.2) is 0 Å². The first kappa shape index (κ1) is 22.8. The molecule has 0 aliphatic heterocycles. The van der Waals surface area contributed by atoms with Crippen LogP contribution in [0.3, 0.4) is 0 Å². The van der Waals surface area contributed by atoms with Gasteiger partial charge in [0.1, 0.15) is 0 Å². The van der Waals surface area contributed by atoms with Crippen molar-refractivity contribution in [2.75, 3.05) is 0 Å². The molecule has 1 aliphatic carbocycles. The molecule has 0 amide bonds. The number of hydrogen-bond acceptors (Lipinski definition) is 0. The predicted octanol–water partition coefficient (Wildman–Crippen LogP) is 2.86. The standard InChI is InChI=1S/C5H8.C2H5.CH3.2Y/c1-2-4-5-3-1;1-2;;;/h1,4H,2-3,5H2;1H2,2H3;1H3;;/q-2;2*-1;;. The molecule has 0 bridgehead atoms. The van der Waals surface area contributed by atoms with Crippen molar-refractivity contribution in [3.8, 4) is 0 Å². The van der Waals surface area contributed by atoms with Gasteiger partial charge in [0, 0.05) is 65.4 Å². The quantitative estimate of drug-likeness (QED) is 0.602. The van der Waals surface area contributed by atoms with E-state index in [1.165, 1.54) is 19.3 Å². The minimum Gasteiger partial charge on any atom is -0.360 e. The average molecular weight is 290 g/mol. The van der Waals surface area contributed by atoms with E-state index in [4.69, 9.17) is 0 Å². The van der Waals surface area contributed by atoms with E-state index in [1.807, 2.05) is 0 Å². The average Bonchev–Trinajstić information content (AvgIpc) is 2.23. The molecule has 0 nitrogen and oxygen atoms in total. The topological polar surface area (TPSA) is 0 Å². The summed E-state index contributed by atoms with van der Waals surface area (Å²) in [5.41, 5.74) is 0. The normalized spacial score (nSPS) is 12.6. The van der Waals surface area contributed by atoms with Crippen LogP contribution in [0.2, 0.25) is 0 Å².